The predicted octanol–water partition coefficient (Wildman–Crippen LogP) is 3.58. The summed E-state index contributed by atoms with van der Waals surface area (Å²) in [5.74, 6) is 1.88. The van der Waals surface area contributed by atoms with Crippen LogP contribution in [0.4, 0.5) is 0 Å². The van der Waals surface area contributed by atoms with Gasteiger partial charge in [0.1, 0.15) is 5.82 Å². The number of para-hydroxylation sites is 2. The second-order valence-corrected chi connectivity index (χ2v) is 7.21. The maximum absolute atomic E-state index is 4.65. The normalized spacial score (nSPS) is 11.6. The molecule has 0 spiro atoms. The third-order valence-corrected chi connectivity index (χ3v) is 5.38. The molecule has 2 aromatic heterocycles. The number of imidazole rings is 1. The van der Waals surface area contributed by atoms with E-state index in [4.69, 9.17) is 0 Å². The van der Waals surface area contributed by atoms with E-state index < -0.39 is 0 Å². The summed E-state index contributed by atoms with van der Waals surface area (Å²) >= 11 is 0. The number of aryl methyl sites for hydroxylation is 4. The van der Waals surface area contributed by atoms with E-state index in [-0.39, 0.29) is 24.0 Å². The highest BCUT2D eigenvalue weighted by molar-refractivity contribution is 14.0. The van der Waals surface area contributed by atoms with Crippen molar-refractivity contribution >= 4 is 41.0 Å². The summed E-state index contributed by atoms with van der Waals surface area (Å²) in [5.41, 5.74) is 6.00. The van der Waals surface area contributed by atoms with Gasteiger partial charge in [-0.15, -0.1) is 24.0 Å². The molecule has 0 amide bonds. The van der Waals surface area contributed by atoms with Crippen molar-refractivity contribution in [1.29, 1.82) is 0 Å². The Balaban J connectivity index is 0.00000320. The predicted molar refractivity (Wildman–Crippen MR) is 135 cm³/mol. The minimum absolute atomic E-state index is 0. The topological polar surface area (TPSA) is 72.1 Å². The fourth-order valence-corrected chi connectivity index (χ4v) is 3.91. The molecule has 2 N–H and O–H groups in total. The molecular weight excluding hydrogens is 489 g/mol. The summed E-state index contributed by atoms with van der Waals surface area (Å²) < 4.78 is 4.29. The number of hydrogen-bond acceptors (Lipinski definition) is 3. The molecule has 0 fully saturated rings. The lowest BCUT2D eigenvalue weighted by Gasteiger charge is -2.13. The minimum atomic E-state index is 0. The van der Waals surface area contributed by atoms with Gasteiger partial charge in [-0.1, -0.05) is 26.0 Å². The van der Waals surface area contributed by atoms with Gasteiger partial charge in [0.05, 0.1) is 16.7 Å². The smallest absolute Gasteiger partial charge is 0.191 e. The molecule has 3 aromatic rings. The first-order valence-electron chi connectivity index (χ1n) is 10.5. The van der Waals surface area contributed by atoms with Crippen LogP contribution < -0.4 is 10.6 Å². The van der Waals surface area contributed by atoms with Crippen LogP contribution >= 0.6 is 24.0 Å². The summed E-state index contributed by atoms with van der Waals surface area (Å²) in [7, 11) is 3.84. The van der Waals surface area contributed by atoms with E-state index in [2.05, 4.69) is 69.2 Å². The van der Waals surface area contributed by atoms with Gasteiger partial charge in [0, 0.05) is 45.0 Å². The van der Waals surface area contributed by atoms with Crippen molar-refractivity contribution in [3.63, 3.8) is 0 Å². The second kappa shape index (κ2) is 11.3. The molecule has 164 valence electrons. The van der Waals surface area contributed by atoms with E-state index in [1.165, 1.54) is 16.8 Å². The molecule has 2 heterocycles. The van der Waals surface area contributed by atoms with Crippen LogP contribution in [-0.2, 0) is 33.0 Å². The van der Waals surface area contributed by atoms with Crippen LogP contribution in [0.5, 0.6) is 0 Å². The molecule has 30 heavy (non-hydrogen) atoms. The number of rotatable bonds is 8. The van der Waals surface area contributed by atoms with Crippen LogP contribution in [0.1, 0.15) is 43.0 Å². The minimum Gasteiger partial charge on any atom is -0.356 e. The molecule has 1 aromatic carbocycles. The average Bonchev–Trinajstić information content (AvgIpc) is 3.22. The summed E-state index contributed by atoms with van der Waals surface area (Å²) in [6, 6.07) is 8.30. The Hall–Kier alpha value is -2.10. The van der Waals surface area contributed by atoms with Gasteiger partial charge in [0.25, 0.3) is 0 Å². The van der Waals surface area contributed by atoms with Crippen molar-refractivity contribution in [2.24, 2.45) is 12.0 Å². The van der Waals surface area contributed by atoms with Gasteiger partial charge in [0.15, 0.2) is 5.96 Å². The number of nitrogens with one attached hydrogen (secondary N) is 2. The van der Waals surface area contributed by atoms with Gasteiger partial charge in [-0.25, -0.2) is 4.98 Å². The quantitative estimate of drug-likeness (QED) is 0.205. The van der Waals surface area contributed by atoms with Crippen LogP contribution in [-0.4, -0.2) is 38.9 Å². The Morgan fingerprint density at radius 3 is 2.60 bits per heavy atom. The molecule has 0 aliphatic carbocycles. The molecule has 0 unspecified atom stereocenters. The number of guanidine groups is 1. The number of hydrogen-bond donors (Lipinski definition) is 2. The highest BCUT2D eigenvalue weighted by Crippen LogP contribution is 2.16. The van der Waals surface area contributed by atoms with Gasteiger partial charge >= 0.3 is 0 Å². The van der Waals surface area contributed by atoms with Crippen LogP contribution in [0.2, 0.25) is 0 Å². The fourth-order valence-electron chi connectivity index (χ4n) is 3.91. The van der Waals surface area contributed by atoms with Crippen LogP contribution in [0.15, 0.2) is 29.3 Å². The standard InChI is InChI=1S/C22H33N7.HI/c1-6-18-17(20(7-2)28(5)27-18)15-25-22(23-4)24-13-10-14-29-16(3)26-19-11-8-9-12-21(19)29;/h8-9,11-12H,6-7,10,13-15H2,1-5H3,(H2,23,24,25);1H. The summed E-state index contributed by atoms with van der Waals surface area (Å²) in [6.45, 7) is 8.91. The van der Waals surface area contributed by atoms with E-state index in [1.807, 2.05) is 24.8 Å². The molecule has 0 atom stereocenters. The van der Waals surface area contributed by atoms with E-state index in [1.54, 1.807) is 0 Å². The zero-order valence-electron chi connectivity index (χ0n) is 18.7. The molecule has 7 nitrogen and oxygen atoms in total. The highest BCUT2D eigenvalue weighted by Gasteiger charge is 2.13. The summed E-state index contributed by atoms with van der Waals surface area (Å²) in [6.07, 6.45) is 2.91. The van der Waals surface area contributed by atoms with Crippen molar-refractivity contribution < 1.29 is 0 Å². The van der Waals surface area contributed by atoms with E-state index >= 15 is 0 Å². The van der Waals surface area contributed by atoms with Crippen LogP contribution in [0.3, 0.4) is 0 Å². The lowest BCUT2D eigenvalue weighted by atomic mass is 10.1. The highest BCUT2D eigenvalue weighted by atomic mass is 127. The number of nitrogens with zero attached hydrogens (tertiary/aromatic N) is 5. The van der Waals surface area contributed by atoms with Crippen molar-refractivity contribution in [3.05, 3.63) is 47.0 Å². The first kappa shape index (κ1) is 24.2. The molecule has 0 aliphatic rings. The SMILES string of the molecule is CCc1nn(C)c(CC)c1CNC(=NC)NCCCn1c(C)nc2ccccc21.I. The molecular formula is C22H34IN7. The third-order valence-electron chi connectivity index (χ3n) is 5.38. The van der Waals surface area contributed by atoms with Crippen molar-refractivity contribution in [1.82, 2.24) is 30.0 Å². The Bertz CT molecular complexity index is 987. The summed E-state index contributed by atoms with van der Waals surface area (Å²) in [4.78, 5) is 9.01. The molecule has 0 saturated carbocycles. The number of benzene rings is 1. The number of aliphatic imine (C=N–C) groups is 1. The van der Waals surface area contributed by atoms with Gasteiger partial charge in [-0.2, -0.15) is 5.10 Å². The molecule has 3 rings (SSSR count). The number of aromatic nitrogens is 4. The zero-order valence-corrected chi connectivity index (χ0v) is 21.0. The first-order chi connectivity index (χ1) is 14.1. The van der Waals surface area contributed by atoms with Gasteiger partial charge in [-0.3, -0.25) is 9.67 Å². The second-order valence-electron chi connectivity index (χ2n) is 7.21. The molecule has 8 heteroatoms. The average molecular weight is 523 g/mol. The van der Waals surface area contributed by atoms with Crippen molar-refractivity contribution in [2.45, 2.75) is 53.1 Å². The molecule has 0 aliphatic heterocycles. The van der Waals surface area contributed by atoms with Crippen LogP contribution in [0, 0.1) is 6.92 Å². The maximum Gasteiger partial charge on any atom is 0.191 e. The number of fused-ring (bicyclic) bond motifs is 1. The monoisotopic (exact) mass is 523 g/mol. The summed E-state index contributed by atoms with van der Waals surface area (Å²) in [5, 5.41) is 11.5. The van der Waals surface area contributed by atoms with E-state index in [0.29, 0.717) is 0 Å². The Morgan fingerprint density at radius 1 is 1.13 bits per heavy atom. The van der Waals surface area contributed by atoms with E-state index in [9.17, 15) is 0 Å². The lowest BCUT2D eigenvalue weighted by Crippen LogP contribution is -2.37. The Morgan fingerprint density at radius 2 is 1.90 bits per heavy atom. The molecule has 0 saturated heterocycles. The zero-order chi connectivity index (χ0) is 20.8. The van der Waals surface area contributed by atoms with Gasteiger partial charge in [-0.05, 0) is 38.3 Å². The van der Waals surface area contributed by atoms with Gasteiger partial charge < -0.3 is 15.2 Å². The fraction of sp³-hybridized carbons (Fsp3) is 0.500. The molecule has 0 bridgehead atoms. The van der Waals surface area contributed by atoms with Crippen LogP contribution in [0.25, 0.3) is 11.0 Å². The van der Waals surface area contributed by atoms with Gasteiger partial charge in [0.2, 0.25) is 0 Å². The van der Waals surface area contributed by atoms with E-state index in [0.717, 1.165) is 61.9 Å². The van der Waals surface area contributed by atoms with Crippen molar-refractivity contribution in [2.75, 3.05) is 13.6 Å². The third kappa shape index (κ3) is 5.33. The lowest BCUT2D eigenvalue weighted by molar-refractivity contribution is 0.624. The largest absolute Gasteiger partial charge is 0.356 e. The molecule has 0 radical (unpaired) electrons. The Kier molecular flexibility index (Phi) is 9.13. The number of halogens is 1. The first-order valence-corrected chi connectivity index (χ1v) is 10.5. The maximum atomic E-state index is 4.65. The Labute approximate surface area is 196 Å². The van der Waals surface area contributed by atoms with Crippen molar-refractivity contribution in [3.8, 4) is 0 Å².